The molecule has 1 aromatic carbocycles. The molecule has 1 N–H and O–H groups in total. The molecule has 0 bridgehead atoms. The van der Waals surface area contributed by atoms with E-state index in [9.17, 15) is 4.79 Å². The zero-order valence-corrected chi connectivity index (χ0v) is 13.7. The van der Waals surface area contributed by atoms with Gasteiger partial charge in [0.15, 0.2) is 5.76 Å². The average Bonchev–Trinajstić information content (AvgIpc) is 3.12. The predicted molar refractivity (Wildman–Crippen MR) is 89.1 cm³/mol. The maximum atomic E-state index is 12.5. The van der Waals surface area contributed by atoms with Crippen molar-refractivity contribution in [1.29, 1.82) is 0 Å². The van der Waals surface area contributed by atoms with Crippen LogP contribution in [-0.4, -0.2) is 28.0 Å². The molecule has 3 aromatic rings. The van der Waals surface area contributed by atoms with Crippen molar-refractivity contribution < 1.29 is 9.32 Å². The Morgan fingerprint density at radius 2 is 2.13 bits per heavy atom. The van der Waals surface area contributed by atoms with Gasteiger partial charge in [0, 0.05) is 29.7 Å². The van der Waals surface area contributed by atoms with E-state index < -0.39 is 0 Å². The van der Waals surface area contributed by atoms with Crippen LogP contribution in [0.1, 0.15) is 29.6 Å². The Balaban J connectivity index is 1.73. The number of carbonyl (C=O) groups excluding carboxylic acids is 1. The Morgan fingerprint density at radius 1 is 1.35 bits per heavy atom. The van der Waals surface area contributed by atoms with Crippen molar-refractivity contribution >= 4 is 16.8 Å². The van der Waals surface area contributed by atoms with Crippen LogP contribution < -0.4 is 0 Å². The minimum atomic E-state index is 0.0623. The van der Waals surface area contributed by atoms with Gasteiger partial charge in [-0.05, 0) is 25.0 Å². The van der Waals surface area contributed by atoms with Gasteiger partial charge in [-0.1, -0.05) is 30.3 Å². The van der Waals surface area contributed by atoms with E-state index in [1.54, 1.807) is 11.9 Å². The van der Waals surface area contributed by atoms with Gasteiger partial charge in [-0.2, -0.15) is 0 Å². The molecule has 0 aliphatic heterocycles. The van der Waals surface area contributed by atoms with E-state index >= 15 is 0 Å². The number of para-hydroxylation sites is 1. The Morgan fingerprint density at radius 3 is 2.87 bits per heavy atom. The second kappa shape index (κ2) is 6.28. The van der Waals surface area contributed by atoms with Crippen LogP contribution in [0.3, 0.4) is 0 Å². The Bertz CT molecular complexity index is 832. The number of aryl methyl sites for hydroxylation is 2. The van der Waals surface area contributed by atoms with Crippen LogP contribution in [0.5, 0.6) is 0 Å². The van der Waals surface area contributed by atoms with Gasteiger partial charge in [0.25, 0.3) is 0 Å². The number of amides is 1. The fourth-order valence-electron chi connectivity index (χ4n) is 2.77. The molecule has 0 unspecified atom stereocenters. The van der Waals surface area contributed by atoms with Gasteiger partial charge in [-0.15, -0.1) is 0 Å². The molecular formula is C18H21N3O2. The molecular weight excluding hydrogens is 290 g/mol. The lowest BCUT2D eigenvalue weighted by molar-refractivity contribution is -0.129. The van der Waals surface area contributed by atoms with Crippen molar-refractivity contribution in [2.75, 3.05) is 7.05 Å². The molecule has 0 saturated heterocycles. The number of fused-ring (bicyclic) bond motifs is 1. The van der Waals surface area contributed by atoms with Crippen LogP contribution in [0.4, 0.5) is 0 Å². The van der Waals surface area contributed by atoms with Gasteiger partial charge in [-0.25, -0.2) is 0 Å². The average molecular weight is 311 g/mol. The minimum Gasteiger partial charge on any atom is -0.359 e. The van der Waals surface area contributed by atoms with Crippen molar-refractivity contribution in [3.63, 3.8) is 0 Å². The monoisotopic (exact) mass is 311 g/mol. The maximum Gasteiger partial charge on any atom is 0.227 e. The topological polar surface area (TPSA) is 62.1 Å². The number of nitrogens with one attached hydrogen (secondary N) is 1. The molecule has 0 spiro atoms. The van der Waals surface area contributed by atoms with Crippen molar-refractivity contribution in [2.45, 2.75) is 33.2 Å². The van der Waals surface area contributed by atoms with Crippen molar-refractivity contribution in [1.82, 2.24) is 15.0 Å². The first-order valence-electron chi connectivity index (χ1n) is 7.83. The molecule has 3 rings (SSSR count). The predicted octanol–water partition coefficient (Wildman–Crippen LogP) is 3.23. The molecule has 2 heterocycles. The normalized spacial score (nSPS) is 11.1. The lowest BCUT2D eigenvalue weighted by Crippen LogP contribution is -2.27. The molecule has 1 amide bonds. The lowest BCUT2D eigenvalue weighted by Gasteiger charge is -2.15. The van der Waals surface area contributed by atoms with Crippen molar-refractivity contribution in [3.8, 4) is 0 Å². The zero-order valence-electron chi connectivity index (χ0n) is 13.7. The van der Waals surface area contributed by atoms with E-state index in [0.717, 1.165) is 34.3 Å². The first-order chi connectivity index (χ1) is 11.1. The molecule has 0 aliphatic carbocycles. The van der Waals surface area contributed by atoms with Crippen LogP contribution in [-0.2, 0) is 24.2 Å². The summed E-state index contributed by atoms with van der Waals surface area (Å²) in [6, 6.07) is 9.96. The highest BCUT2D eigenvalue weighted by molar-refractivity contribution is 5.90. The summed E-state index contributed by atoms with van der Waals surface area (Å²) in [4.78, 5) is 17.6. The van der Waals surface area contributed by atoms with Gasteiger partial charge in [0.2, 0.25) is 5.91 Å². The van der Waals surface area contributed by atoms with E-state index in [4.69, 9.17) is 4.52 Å². The second-order valence-electron chi connectivity index (χ2n) is 5.84. The number of nitrogens with zero attached hydrogens (tertiary/aromatic N) is 2. The number of aromatic amines is 1. The van der Waals surface area contributed by atoms with Gasteiger partial charge in [-0.3, -0.25) is 4.79 Å². The number of hydrogen-bond donors (Lipinski definition) is 1. The standard InChI is InChI=1S/C18H21N3O2/c1-4-13-9-14(23-20-13)11-21(3)18(22)10-16-12(2)19-17-8-6-5-7-15(16)17/h5-9,19H,4,10-11H2,1-3H3. The maximum absolute atomic E-state index is 12.5. The second-order valence-corrected chi connectivity index (χ2v) is 5.84. The van der Waals surface area contributed by atoms with Gasteiger partial charge >= 0.3 is 0 Å². The molecule has 23 heavy (non-hydrogen) atoms. The third-order valence-electron chi connectivity index (χ3n) is 4.14. The first kappa shape index (κ1) is 15.3. The highest BCUT2D eigenvalue weighted by atomic mass is 16.5. The summed E-state index contributed by atoms with van der Waals surface area (Å²) < 4.78 is 5.26. The van der Waals surface area contributed by atoms with Crippen molar-refractivity contribution in [2.24, 2.45) is 0 Å². The number of rotatable bonds is 5. The number of likely N-dealkylation sites (N-methyl/N-ethyl adjacent to an activating group) is 1. The third-order valence-corrected chi connectivity index (χ3v) is 4.14. The van der Waals surface area contributed by atoms with Crippen LogP contribution >= 0.6 is 0 Å². The smallest absolute Gasteiger partial charge is 0.227 e. The zero-order chi connectivity index (χ0) is 16.4. The van der Waals surface area contributed by atoms with Crippen LogP contribution in [0.25, 0.3) is 10.9 Å². The molecule has 2 aromatic heterocycles. The van der Waals surface area contributed by atoms with E-state index in [-0.39, 0.29) is 5.91 Å². The summed E-state index contributed by atoms with van der Waals surface area (Å²) in [5, 5.41) is 5.07. The highest BCUT2D eigenvalue weighted by Crippen LogP contribution is 2.23. The van der Waals surface area contributed by atoms with E-state index in [1.165, 1.54) is 0 Å². The number of aromatic nitrogens is 2. The number of hydrogen-bond acceptors (Lipinski definition) is 3. The first-order valence-corrected chi connectivity index (χ1v) is 7.83. The van der Waals surface area contributed by atoms with E-state index in [2.05, 4.69) is 10.1 Å². The van der Waals surface area contributed by atoms with Gasteiger partial charge in [0.05, 0.1) is 18.7 Å². The summed E-state index contributed by atoms with van der Waals surface area (Å²) in [5.74, 6) is 0.778. The lowest BCUT2D eigenvalue weighted by atomic mass is 10.1. The molecule has 120 valence electrons. The Labute approximate surface area is 135 Å². The number of carbonyl (C=O) groups is 1. The minimum absolute atomic E-state index is 0.0623. The van der Waals surface area contributed by atoms with Crippen LogP contribution in [0, 0.1) is 6.92 Å². The fraction of sp³-hybridized carbons (Fsp3) is 0.333. The SMILES string of the molecule is CCc1cc(CN(C)C(=O)Cc2c(C)[nH]c3ccccc23)on1. The van der Waals surface area contributed by atoms with Crippen LogP contribution in [0.15, 0.2) is 34.9 Å². The van der Waals surface area contributed by atoms with Gasteiger partial charge in [0.1, 0.15) is 0 Å². The summed E-state index contributed by atoms with van der Waals surface area (Å²) in [5.41, 5.74) is 4.08. The van der Waals surface area contributed by atoms with E-state index in [0.29, 0.717) is 18.7 Å². The highest BCUT2D eigenvalue weighted by Gasteiger charge is 2.16. The van der Waals surface area contributed by atoms with Crippen molar-refractivity contribution in [3.05, 3.63) is 53.0 Å². The molecule has 0 saturated carbocycles. The number of benzene rings is 1. The summed E-state index contributed by atoms with van der Waals surface area (Å²) >= 11 is 0. The molecule has 5 nitrogen and oxygen atoms in total. The summed E-state index contributed by atoms with van der Waals surface area (Å²) in [7, 11) is 1.79. The Kier molecular flexibility index (Phi) is 4.19. The largest absolute Gasteiger partial charge is 0.359 e. The quantitative estimate of drug-likeness (QED) is 0.787. The Hall–Kier alpha value is -2.56. The number of H-pyrrole nitrogens is 1. The fourth-order valence-corrected chi connectivity index (χ4v) is 2.77. The molecule has 0 atom stereocenters. The molecule has 0 aliphatic rings. The molecule has 0 fully saturated rings. The summed E-state index contributed by atoms with van der Waals surface area (Å²) in [6.07, 6.45) is 1.21. The molecule has 5 heteroatoms. The van der Waals surface area contributed by atoms with Crippen LogP contribution in [0.2, 0.25) is 0 Å². The van der Waals surface area contributed by atoms with E-state index in [1.807, 2.05) is 44.2 Å². The third kappa shape index (κ3) is 3.13. The summed E-state index contributed by atoms with van der Waals surface area (Å²) in [6.45, 7) is 4.47. The van der Waals surface area contributed by atoms with Gasteiger partial charge < -0.3 is 14.4 Å². The molecule has 0 radical (unpaired) electrons.